The second-order valence-corrected chi connectivity index (χ2v) is 10.8. The lowest BCUT2D eigenvalue weighted by Gasteiger charge is -2.64. The van der Waals surface area contributed by atoms with Crippen molar-refractivity contribution in [1.29, 1.82) is 0 Å². The summed E-state index contributed by atoms with van der Waals surface area (Å²) >= 11 is 0. The summed E-state index contributed by atoms with van der Waals surface area (Å²) < 4.78 is 0. The molecule has 4 rings (SSSR count). The SMILES string of the molecule is CC(=O)NCCCC[C@@H](C(=O)O)N1CC2(C(=O)O)C(O)C(C(=O)O)(C1)[C@@H](c1ccccn1)N(C)[C@H]2c1ccccn1. The molecule has 6 atom stereocenters. The van der Waals surface area contributed by atoms with Crippen LogP contribution in [0.15, 0.2) is 48.8 Å². The molecular weight excluding hydrogens is 534 g/mol. The molecule has 0 aromatic carbocycles. The number of likely N-dealkylation sites (tertiary alicyclic amines) is 2. The molecule has 41 heavy (non-hydrogen) atoms. The van der Waals surface area contributed by atoms with E-state index in [1.165, 1.54) is 24.2 Å². The second-order valence-electron chi connectivity index (χ2n) is 10.8. The highest BCUT2D eigenvalue weighted by Crippen LogP contribution is 2.62. The van der Waals surface area contributed by atoms with Crippen LogP contribution in [-0.4, -0.2) is 103 Å². The summed E-state index contributed by atoms with van der Waals surface area (Å²) in [5.41, 5.74) is -3.73. The predicted molar refractivity (Wildman–Crippen MR) is 143 cm³/mol. The van der Waals surface area contributed by atoms with Crippen LogP contribution in [0.5, 0.6) is 0 Å². The smallest absolute Gasteiger partial charge is 0.320 e. The third-order valence-electron chi connectivity index (χ3n) is 8.43. The Kier molecular flexibility index (Phi) is 8.71. The van der Waals surface area contributed by atoms with Crippen LogP contribution >= 0.6 is 0 Å². The number of pyridine rings is 2. The van der Waals surface area contributed by atoms with E-state index >= 15 is 0 Å². The summed E-state index contributed by atoms with van der Waals surface area (Å²) in [5, 5.41) is 46.5. The summed E-state index contributed by atoms with van der Waals surface area (Å²) in [6.45, 7) is 0.859. The minimum atomic E-state index is -2.16. The zero-order valence-corrected chi connectivity index (χ0v) is 22.9. The number of carbonyl (C=O) groups excluding carboxylic acids is 1. The van der Waals surface area contributed by atoms with Gasteiger partial charge in [0.1, 0.15) is 16.9 Å². The Hall–Kier alpha value is -3.94. The number of aromatic nitrogens is 2. The molecule has 2 bridgehead atoms. The molecule has 5 N–H and O–H groups in total. The van der Waals surface area contributed by atoms with Crippen LogP contribution in [0.2, 0.25) is 0 Å². The lowest BCUT2D eigenvalue weighted by atomic mass is 9.53. The molecular formula is C28H35N5O8. The Bertz CT molecular complexity index is 1210. The summed E-state index contributed by atoms with van der Waals surface area (Å²) in [7, 11) is 1.59. The summed E-state index contributed by atoms with van der Waals surface area (Å²) in [6.07, 6.45) is 1.97. The molecule has 3 unspecified atom stereocenters. The van der Waals surface area contributed by atoms with E-state index < -0.39 is 66.1 Å². The molecule has 2 fully saturated rings. The molecule has 0 saturated carbocycles. The molecule has 220 valence electrons. The number of aliphatic hydroxyl groups excluding tert-OH is 1. The highest BCUT2D eigenvalue weighted by atomic mass is 16.4. The number of carboxylic acid groups (broad SMARTS) is 3. The van der Waals surface area contributed by atoms with Gasteiger partial charge in [0.05, 0.1) is 29.6 Å². The van der Waals surface area contributed by atoms with E-state index in [0.717, 1.165) is 0 Å². The van der Waals surface area contributed by atoms with E-state index in [0.29, 0.717) is 30.8 Å². The van der Waals surface area contributed by atoms with Crippen molar-refractivity contribution in [3.05, 3.63) is 60.2 Å². The standard InChI is InChI=1S/C28H35N5O8/c1-17(34)29-12-8-5-11-20(23(35)36)33-15-27(25(38)39)21(18-9-3-6-13-30-18)32(2)22(19-10-4-7-14-31-19)28(16-33,24(27)37)26(40)41/h3-4,6-7,9-10,13-14,20-22,24,37H,5,8,11-12,15-16H2,1-2H3,(H,29,34)(H,35,36)(H,38,39)(H,40,41)/t20-,21-,22+,24?,27?,28?/m0/s1. The monoisotopic (exact) mass is 569 g/mol. The molecule has 2 aliphatic heterocycles. The van der Waals surface area contributed by atoms with Gasteiger partial charge in [-0.3, -0.25) is 38.9 Å². The van der Waals surface area contributed by atoms with E-state index in [4.69, 9.17) is 0 Å². The number of unbranched alkanes of at least 4 members (excludes halogenated alkanes) is 1. The van der Waals surface area contributed by atoms with Gasteiger partial charge in [0.2, 0.25) is 5.91 Å². The van der Waals surface area contributed by atoms with Crippen molar-refractivity contribution >= 4 is 23.8 Å². The first kappa shape index (κ1) is 30.0. The van der Waals surface area contributed by atoms with Crippen molar-refractivity contribution in [2.75, 3.05) is 26.7 Å². The molecule has 0 spiro atoms. The van der Waals surface area contributed by atoms with Crippen molar-refractivity contribution in [1.82, 2.24) is 25.1 Å². The number of aliphatic carboxylic acids is 3. The van der Waals surface area contributed by atoms with Crippen LogP contribution in [0.4, 0.5) is 0 Å². The molecule has 13 heteroatoms. The average molecular weight is 570 g/mol. The molecule has 4 heterocycles. The third-order valence-corrected chi connectivity index (χ3v) is 8.43. The van der Waals surface area contributed by atoms with Gasteiger partial charge in [0.25, 0.3) is 0 Å². The number of carboxylic acids is 3. The van der Waals surface area contributed by atoms with Gasteiger partial charge in [-0.05, 0) is 50.6 Å². The van der Waals surface area contributed by atoms with Crippen LogP contribution in [0.25, 0.3) is 0 Å². The number of amides is 1. The minimum absolute atomic E-state index is 0.0781. The number of carbonyl (C=O) groups is 4. The summed E-state index contributed by atoms with van der Waals surface area (Å²) in [4.78, 5) is 62.1. The normalized spacial score (nSPS) is 28.9. The predicted octanol–water partition coefficient (Wildman–Crippen LogP) is 0.783. The Morgan fingerprint density at radius 3 is 1.83 bits per heavy atom. The summed E-state index contributed by atoms with van der Waals surface area (Å²) in [6, 6.07) is 6.36. The van der Waals surface area contributed by atoms with E-state index in [2.05, 4.69) is 15.3 Å². The van der Waals surface area contributed by atoms with Gasteiger partial charge < -0.3 is 25.7 Å². The fraction of sp³-hybridized carbons (Fsp3) is 0.500. The average Bonchev–Trinajstić information content (AvgIpc) is 2.92. The van der Waals surface area contributed by atoms with E-state index in [9.17, 15) is 39.6 Å². The van der Waals surface area contributed by atoms with Crippen LogP contribution in [0, 0.1) is 10.8 Å². The highest BCUT2D eigenvalue weighted by Gasteiger charge is 2.75. The number of aliphatic hydroxyl groups is 1. The maximum absolute atomic E-state index is 13.3. The Labute approximate surface area is 236 Å². The molecule has 2 aromatic rings. The van der Waals surface area contributed by atoms with E-state index in [1.807, 2.05) is 0 Å². The van der Waals surface area contributed by atoms with E-state index in [-0.39, 0.29) is 12.3 Å². The first-order chi connectivity index (χ1) is 19.5. The molecule has 1 amide bonds. The van der Waals surface area contributed by atoms with Crippen molar-refractivity contribution in [2.45, 2.75) is 50.4 Å². The zero-order chi connectivity index (χ0) is 29.9. The van der Waals surface area contributed by atoms with Gasteiger partial charge in [-0.15, -0.1) is 0 Å². The molecule has 0 aliphatic carbocycles. The number of nitrogens with one attached hydrogen (secondary N) is 1. The van der Waals surface area contributed by atoms with Crippen molar-refractivity contribution in [2.24, 2.45) is 10.8 Å². The van der Waals surface area contributed by atoms with Gasteiger partial charge in [-0.1, -0.05) is 12.1 Å². The fourth-order valence-corrected chi connectivity index (χ4v) is 6.74. The zero-order valence-electron chi connectivity index (χ0n) is 22.9. The van der Waals surface area contributed by atoms with Gasteiger partial charge in [-0.2, -0.15) is 0 Å². The minimum Gasteiger partial charge on any atom is -0.481 e. The van der Waals surface area contributed by atoms with Gasteiger partial charge in [0, 0.05) is 39.0 Å². The topological polar surface area (TPSA) is 193 Å². The number of fused-ring (bicyclic) bond motifs is 2. The lowest BCUT2D eigenvalue weighted by molar-refractivity contribution is -0.250. The van der Waals surface area contributed by atoms with Crippen molar-refractivity contribution in [3.8, 4) is 0 Å². The second kappa shape index (κ2) is 11.9. The Balaban J connectivity index is 1.89. The first-order valence-corrected chi connectivity index (χ1v) is 13.4. The van der Waals surface area contributed by atoms with Gasteiger partial charge >= 0.3 is 17.9 Å². The van der Waals surface area contributed by atoms with Crippen molar-refractivity contribution in [3.63, 3.8) is 0 Å². The lowest BCUT2D eigenvalue weighted by Crippen LogP contribution is -2.78. The molecule has 2 aromatic heterocycles. The third kappa shape index (κ3) is 5.16. The first-order valence-electron chi connectivity index (χ1n) is 13.4. The highest BCUT2D eigenvalue weighted by molar-refractivity contribution is 5.85. The van der Waals surface area contributed by atoms with Crippen molar-refractivity contribution < 1.29 is 39.6 Å². The summed E-state index contributed by atoms with van der Waals surface area (Å²) in [5.74, 6) is -4.37. The molecule has 2 aliphatic rings. The van der Waals surface area contributed by atoms with Gasteiger partial charge in [0.15, 0.2) is 0 Å². The van der Waals surface area contributed by atoms with Crippen LogP contribution in [0.3, 0.4) is 0 Å². The van der Waals surface area contributed by atoms with E-state index in [1.54, 1.807) is 48.3 Å². The number of rotatable bonds is 11. The van der Waals surface area contributed by atoms with Gasteiger partial charge in [-0.25, -0.2) is 0 Å². The fourth-order valence-electron chi connectivity index (χ4n) is 6.74. The Morgan fingerprint density at radius 1 is 0.927 bits per heavy atom. The molecule has 0 radical (unpaired) electrons. The van der Waals surface area contributed by atoms with Crippen LogP contribution < -0.4 is 5.32 Å². The maximum atomic E-state index is 13.3. The molecule has 13 nitrogen and oxygen atoms in total. The number of hydrogen-bond donors (Lipinski definition) is 5. The molecule has 2 saturated heterocycles. The van der Waals surface area contributed by atoms with Crippen LogP contribution in [-0.2, 0) is 19.2 Å². The number of hydrogen-bond acceptors (Lipinski definition) is 9. The van der Waals surface area contributed by atoms with Crippen LogP contribution in [0.1, 0.15) is 49.7 Å². The quantitative estimate of drug-likeness (QED) is 0.239. The number of nitrogens with zero attached hydrogens (tertiary/aromatic N) is 4. The number of piperidine rings is 2. The maximum Gasteiger partial charge on any atom is 0.320 e. The Morgan fingerprint density at radius 2 is 1.44 bits per heavy atom. The largest absolute Gasteiger partial charge is 0.481 e.